The second-order valence-electron chi connectivity index (χ2n) is 6.70. The fourth-order valence-corrected chi connectivity index (χ4v) is 2.40. The smallest absolute Gasteiger partial charge is 0.408 e. The van der Waals surface area contributed by atoms with Gasteiger partial charge in [-0.15, -0.1) is 0 Å². The molecule has 0 fully saturated rings. The van der Waals surface area contributed by atoms with Crippen molar-refractivity contribution in [2.45, 2.75) is 52.8 Å². The molecule has 0 saturated heterocycles. The summed E-state index contributed by atoms with van der Waals surface area (Å²) in [6.07, 6.45) is -0.00544. The van der Waals surface area contributed by atoms with Crippen molar-refractivity contribution in [3.63, 3.8) is 0 Å². The fourth-order valence-electron chi connectivity index (χ4n) is 2.40. The number of primary amides is 1. The average molecular weight is 363 g/mol. The van der Waals surface area contributed by atoms with Crippen LogP contribution in [-0.2, 0) is 20.9 Å². The Labute approximate surface area is 154 Å². The van der Waals surface area contributed by atoms with Crippen LogP contribution in [-0.4, -0.2) is 30.0 Å². The van der Waals surface area contributed by atoms with Crippen LogP contribution < -0.4 is 16.4 Å². The third-order valence-electron chi connectivity index (χ3n) is 4.25. The summed E-state index contributed by atoms with van der Waals surface area (Å²) in [7, 11) is 0. The van der Waals surface area contributed by atoms with Gasteiger partial charge in [-0.2, -0.15) is 0 Å². The maximum absolute atomic E-state index is 12.5. The summed E-state index contributed by atoms with van der Waals surface area (Å²) >= 11 is 0. The Morgan fingerprint density at radius 1 is 1.04 bits per heavy atom. The molecule has 0 aliphatic rings. The van der Waals surface area contributed by atoms with E-state index < -0.39 is 30.0 Å². The van der Waals surface area contributed by atoms with Gasteiger partial charge in [0, 0.05) is 0 Å². The van der Waals surface area contributed by atoms with E-state index in [2.05, 4.69) is 10.6 Å². The summed E-state index contributed by atoms with van der Waals surface area (Å²) in [5.74, 6) is -1.35. The quantitative estimate of drug-likeness (QED) is 0.623. The number of carbonyl (C=O) groups excluding carboxylic acids is 3. The lowest BCUT2D eigenvalue weighted by molar-refractivity contribution is -0.130. The van der Waals surface area contributed by atoms with Crippen LogP contribution in [0, 0.1) is 11.8 Å². The Hall–Kier alpha value is -2.57. The summed E-state index contributed by atoms with van der Waals surface area (Å²) in [6, 6.07) is 7.63. The van der Waals surface area contributed by atoms with E-state index in [0.29, 0.717) is 6.42 Å². The zero-order valence-electron chi connectivity index (χ0n) is 15.8. The summed E-state index contributed by atoms with van der Waals surface area (Å²) in [4.78, 5) is 36.2. The van der Waals surface area contributed by atoms with E-state index >= 15 is 0 Å². The van der Waals surface area contributed by atoms with Crippen LogP contribution in [0.3, 0.4) is 0 Å². The molecular weight excluding hydrogens is 334 g/mol. The number of hydrogen-bond acceptors (Lipinski definition) is 4. The van der Waals surface area contributed by atoms with E-state index in [4.69, 9.17) is 10.5 Å². The van der Waals surface area contributed by atoms with Gasteiger partial charge in [0.15, 0.2) is 0 Å². The molecule has 26 heavy (non-hydrogen) atoms. The zero-order chi connectivity index (χ0) is 19.7. The SMILES string of the molecule is CC[C@H](C)[C@@H](NC(=O)[C@H](NC(=O)OCc1ccccc1)C(C)C)C(N)=O. The van der Waals surface area contributed by atoms with Gasteiger partial charge in [0.1, 0.15) is 18.7 Å². The van der Waals surface area contributed by atoms with Crippen molar-refractivity contribution in [2.24, 2.45) is 17.6 Å². The zero-order valence-corrected chi connectivity index (χ0v) is 15.8. The van der Waals surface area contributed by atoms with Gasteiger partial charge in [0.05, 0.1) is 0 Å². The fraction of sp³-hybridized carbons (Fsp3) is 0.526. The van der Waals surface area contributed by atoms with Crippen LogP contribution in [0.4, 0.5) is 4.79 Å². The van der Waals surface area contributed by atoms with Crippen molar-refractivity contribution in [1.82, 2.24) is 10.6 Å². The maximum atomic E-state index is 12.5. The Bertz CT molecular complexity index is 604. The first kappa shape index (κ1) is 21.5. The highest BCUT2D eigenvalue weighted by Crippen LogP contribution is 2.10. The molecule has 0 unspecified atom stereocenters. The lowest BCUT2D eigenvalue weighted by Gasteiger charge is -2.26. The molecule has 0 heterocycles. The molecule has 0 spiro atoms. The second-order valence-corrected chi connectivity index (χ2v) is 6.70. The molecule has 0 radical (unpaired) electrons. The minimum absolute atomic E-state index is 0.103. The van der Waals surface area contributed by atoms with E-state index in [-0.39, 0.29) is 18.4 Å². The molecule has 0 aromatic heterocycles. The predicted molar refractivity (Wildman–Crippen MR) is 99.0 cm³/mol. The van der Waals surface area contributed by atoms with Gasteiger partial charge in [-0.25, -0.2) is 4.79 Å². The lowest BCUT2D eigenvalue weighted by Crippen LogP contribution is -2.56. The van der Waals surface area contributed by atoms with Gasteiger partial charge < -0.3 is 21.1 Å². The summed E-state index contributed by atoms with van der Waals surface area (Å²) in [5.41, 5.74) is 6.23. The van der Waals surface area contributed by atoms with Crippen molar-refractivity contribution >= 4 is 17.9 Å². The first-order chi connectivity index (χ1) is 12.3. The van der Waals surface area contributed by atoms with Gasteiger partial charge in [-0.1, -0.05) is 64.4 Å². The van der Waals surface area contributed by atoms with Crippen molar-refractivity contribution < 1.29 is 19.1 Å². The monoisotopic (exact) mass is 363 g/mol. The Morgan fingerprint density at radius 3 is 2.15 bits per heavy atom. The molecule has 3 amide bonds. The highest BCUT2D eigenvalue weighted by atomic mass is 16.5. The molecule has 1 aromatic carbocycles. The van der Waals surface area contributed by atoms with E-state index in [9.17, 15) is 14.4 Å². The number of nitrogens with one attached hydrogen (secondary N) is 2. The maximum Gasteiger partial charge on any atom is 0.408 e. The molecule has 144 valence electrons. The molecule has 7 heteroatoms. The third kappa shape index (κ3) is 6.74. The van der Waals surface area contributed by atoms with Crippen molar-refractivity contribution in [2.75, 3.05) is 0 Å². The number of ether oxygens (including phenoxy) is 1. The molecule has 0 saturated carbocycles. The van der Waals surface area contributed by atoms with Gasteiger partial charge in [0.2, 0.25) is 11.8 Å². The van der Waals surface area contributed by atoms with E-state index in [1.807, 2.05) is 44.2 Å². The number of hydrogen-bond donors (Lipinski definition) is 3. The minimum atomic E-state index is -0.829. The Balaban J connectivity index is 2.67. The average Bonchev–Trinajstić information content (AvgIpc) is 2.61. The summed E-state index contributed by atoms with van der Waals surface area (Å²) in [5, 5.41) is 5.21. The first-order valence-electron chi connectivity index (χ1n) is 8.83. The largest absolute Gasteiger partial charge is 0.445 e. The minimum Gasteiger partial charge on any atom is -0.445 e. The molecule has 1 rings (SSSR count). The van der Waals surface area contributed by atoms with Crippen LogP contribution in [0.1, 0.15) is 39.7 Å². The highest BCUT2D eigenvalue weighted by molar-refractivity contribution is 5.91. The van der Waals surface area contributed by atoms with E-state index in [0.717, 1.165) is 5.56 Å². The van der Waals surface area contributed by atoms with Crippen LogP contribution in [0.15, 0.2) is 30.3 Å². The molecule has 0 bridgehead atoms. The molecule has 3 atom stereocenters. The van der Waals surface area contributed by atoms with Crippen molar-refractivity contribution in [3.8, 4) is 0 Å². The number of benzene rings is 1. The van der Waals surface area contributed by atoms with Crippen LogP contribution >= 0.6 is 0 Å². The number of amides is 3. The van der Waals surface area contributed by atoms with Crippen molar-refractivity contribution in [1.29, 1.82) is 0 Å². The van der Waals surface area contributed by atoms with Gasteiger partial charge in [0.25, 0.3) is 0 Å². The van der Waals surface area contributed by atoms with Gasteiger partial charge in [-0.05, 0) is 17.4 Å². The number of carbonyl (C=O) groups is 3. The van der Waals surface area contributed by atoms with Gasteiger partial charge in [-0.3, -0.25) is 9.59 Å². The molecule has 4 N–H and O–H groups in total. The molecule has 7 nitrogen and oxygen atoms in total. The topological polar surface area (TPSA) is 111 Å². The van der Waals surface area contributed by atoms with Crippen LogP contribution in [0.2, 0.25) is 0 Å². The first-order valence-corrected chi connectivity index (χ1v) is 8.83. The number of alkyl carbamates (subject to hydrolysis) is 1. The van der Waals surface area contributed by atoms with Crippen molar-refractivity contribution in [3.05, 3.63) is 35.9 Å². The van der Waals surface area contributed by atoms with Crippen LogP contribution in [0.5, 0.6) is 0 Å². The van der Waals surface area contributed by atoms with E-state index in [1.165, 1.54) is 0 Å². The highest BCUT2D eigenvalue weighted by Gasteiger charge is 2.30. The summed E-state index contributed by atoms with van der Waals surface area (Å²) < 4.78 is 5.16. The molecule has 0 aliphatic carbocycles. The van der Waals surface area contributed by atoms with Crippen LogP contribution in [0.25, 0.3) is 0 Å². The number of rotatable bonds is 9. The predicted octanol–water partition coefficient (Wildman–Crippen LogP) is 1.95. The molecule has 0 aliphatic heterocycles. The number of nitrogens with two attached hydrogens (primary N) is 1. The van der Waals surface area contributed by atoms with Gasteiger partial charge >= 0.3 is 6.09 Å². The second kappa shape index (κ2) is 10.4. The Kier molecular flexibility index (Phi) is 8.61. The summed E-state index contributed by atoms with van der Waals surface area (Å²) in [6.45, 7) is 7.44. The normalized spacial score (nSPS) is 14.2. The molecule has 1 aromatic rings. The third-order valence-corrected chi connectivity index (χ3v) is 4.25. The molecular formula is C19H29N3O4. The lowest BCUT2D eigenvalue weighted by atomic mass is 9.97. The Morgan fingerprint density at radius 2 is 1.65 bits per heavy atom. The standard InChI is InChI=1S/C19H29N3O4/c1-5-13(4)16(17(20)23)21-18(24)15(12(2)3)22-19(25)26-11-14-9-7-6-8-10-14/h6-10,12-13,15-16H,5,11H2,1-4H3,(H2,20,23)(H,21,24)(H,22,25)/t13-,15+,16+/m0/s1. The van der Waals surface area contributed by atoms with E-state index in [1.54, 1.807) is 13.8 Å².